The molecule has 0 amide bonds. The second kappa shape index (κ2) is 9.72. The molecule has 0 spiro atoms. The van der Waals surface area contributed by atoms with Gasteiger partial charge in [-0.05, 0) is 61.6 Å². The van der Waals surface area contributed by atoms with Crippen molar-refractivity contribution < 1.29 is 14.3 Å². The quantitative estimate of drug-likeness (QED) is 0.693. The van der Waals surface area contributed by atoms with Crippen LogP contribution in [-0.2, 0) is 22.4 Å². The second-order valence-electron chi connectivity index (χ2n) is 5.89. The Hall–Kier alpha value is -2.49. The largest absolute Gasteiger partial charge is 0.497 e. The molecule has 4 nitrogen and oxygen atoms in total. The summed E-state index contributed by atoms with van der Waals surface area (Å²) in [6.45, 7) is 4.35. The predicted molar refractivity (Wildman–Crippen MR) is 101 cm³/mol. The molecule has 134 valence electrons. The van der Waals surface area contributed by atoms with Gasteiger partial charge in [-0.2, -0.15) is 0 Å². The van der Waals surface area contributed by atoms with Crippen molar-refractivity contribution in [2.75, 3.05) is 19.0 Å². The molecule has 25 heavy (non-hydrogen) atoms. The molecular formula is C21H27NO3. The first kappa shape index (κ1) is 18.8. The maximum Gasteiger partial charge on any atom is 0.328 e. The number of esters is 1. The van der Waals surface area contributed by atoms with E-state index in [0.29, 0.717) is 13.0 Å². The van der Waals surface area contributed by atoms with Crippen LogP contribution in [0.5, 0.6) is 5.75 Å². The molecule has 0 aliphatic carbocycles. The lowest BCUT2D eigenvalue weighted by atomic mass is 10.0. The lowest BCUT2D eigenvalue weighted by Gasteiger charge is -2.18. The molecule has 0 heterocycles. The van der Waals surface area contributed by atoms with E-state index in [1.54, 1.807) is 7.11 Å². The number of nitrogens with one attached hydrogen (secondary N) is 1. The van der Waals surface area contributed by atoms with Gasteiger partial charge in [0.1, 0.15) is 11.8 Å². The Balaban J connectivity index is 2.02. The van der Waals surface area contributed by atoms with E-state index >= 15 is 0 Å². The Morgan fingerprint density at radius 1 is 1.00 bits per heavy atom. The summed E-state index contributed by atoms with van der Waals surface area (Å²) in [5, 5.41) is 3.28. The third-order valence-electron chi connectivity index (χ3n) is 4.15. The van der Waals surface area contributed by atoms with Crippen molar-refractivity contribution in [3.8, 4) is 5.75 Å². The van der Waals surface area contributed by atoms with Crippen molar-refractivity contribution in [2.24, 2.45) is 0 Å². The molecule has 0 aliphatic heterocycles. The van der Waals surface area contributed by atoms with Crippen molar-refractivity contribution in [1.29, 1.82) is 0 Å². The van der Waals surface area contributed by atoms with E-state index in [2.05, 4.69) is 36.5 Å². The Labute approximate surface area is 150 Å². The molecule has 2 rings (SSSR count). The van der Waals surface area contributed by atoms with Crippen LogP contribution in [0.15, 0.2) is 48.5 Å². The molecule has 0 saturated heterocycles. The molecule has 0 radical (unpaired) electrons. The van der Waals surface area contributed by atoms with Crippen molar-refractivity contribution in [1.82, 2.24) is 0 Å². The summed E-state index contributed by atoms with van der Waals surface area (Å²) in [5.41, 5.74) is 3.42. The zero-order valence-corrected chi connectivity index (χ0v) is 15.2. The molecule has 1 N–H and O–H groups in total. The first-order valence-electron chi connectivity index (χ1n) is 8.81. The summed E-state index contributed by atoms with van der Waals surface area (Å²) < 4.78 is 10.4. The highest BCUT2D eigenvalue weighted by molar-refractivity contribution is 5.79. The van der Waals surface area contributed by atoms with Crippen LogP contribution in [0.3, 0.4) is 0 Å². The number of hydrogen-bond acceptors (Lipinski definition) is 4. The predicted octanol–water partition coefficient (Wildman–Crippen LogP) is 4.23. The molecule has 2 aromatic carbocycles. The fourth-order valence-electron chi connectivity index (χ4n) is 2.63. The van der Waals surface area contributed by atoms with Gasteiger partial charge in [0.2, 0.25) is 0 Å². The summed E-state index contributed by atoms with van der Waals surface area (Å²) in [7, 11) is 1.63. The third-order valence-corrected chi connectivity index (χ3v) is 4.15. The lowest BCUT2D eigenvalue weighted by Crippen LogP contribution is -2.32. The third kappa shape index (κ3) is 5.82. The van der Waals surface area contributed by atoms with E-state index in [1.165, 1.54) is 11.1 Å². The van der Waals surface area contributed by atoms with Crippen molar-refractivity contribution >= 4 is 11.7 Å². The Morgan fingerprint density at radius 2 is 1.64 bits per heavy atom. The van der Waals surface area contributed by atoms with Gasteiger partial charge in [0.25, 0.3) is 0 Å². The maximum absolute atomic E-state index is 12.3. The van der Waals surface area contributed by atoms with Gasteiger partial charge in [0.15, 0.2) is 0 Å². The minimum atomic E-state index is -0.376. The summed E-state index contributed by atoms with van der Waals surface area (Å²) in [4.78, 5) is 12.3. The average molecular weight is 341 g/mol. The normalized spacial score (nSPS) is 11.6. The van der Waals surface area contributed by atoms with Crippen LogP contribution in [0.4, 0.5) is 5.69 Å². The first-order valence-corrected chi connectivity index (χ1v) is 8.81. The van der Waals surface area contributed by atoms with Gasteiger partial charge in [0.05, 0.1) is 13.7 Å². The molecule has 0 bridgehead atoms. The summed E-state index contributed by atoms with van der Waals surface area (Å²) in [6, 6.07) is 15.7. The van der Waals surface area contributed by atoms with Gasteiger partial charge < -0.3 is 14.8 Å². The van der Waals surface area contributed by atoms with Gasteiger partial charge in [-0.15, -0.1) is 0 Å². The SMILES string of the molecule is CCOC(=O)C(CCc1ccc(CC)cc1)Nc1ccc(OC)cc1. The highest BCUT2D eigenvalue weighted by Gasteiger charge is 2.19. The van der Waals surface area contributed by atoms with E-state index in [0.717, 1.165) is 24.3 Å². The van der Waals surface area contributed by atoms with Crippen LogP contribution in [0, 0.1) is 0 Å². The minimum absolute atomic E-state index is 0.219. The van der Waals surface area contributed by atoms with Crippen LogP contribution >= 0.6 is 0 Å². The van der Waals surface area contributed by atoms with Crippen LogP contribution in [0.25, 0.3) is 0 Å². The summed E-state index contributed by atoms with van der Waals surface area (Å²) in [5.74, 6) is 0.567. The van der Waals surface area contributed by atoms with Crippen LogP contribution < -0.4 is 10.1 Å². The zero-order chi connectivity index (χ0) is 18.1. The Kier molecular flexibility index (Phi) is 7.33. The molecule has 4 heteroatoms. The van der Waals surface area contributed by atoms with Crippen molar-refractivity contribution in [2.45, 2.75) is 39.2 Å². The molecule has 0 saturated carbocycles. The van der Waals surface area contributed by atoms with Crippen LogP contribution in [0.2, 0.25) is 0 Å². The van der Waals surface area contributed by atoms with Crippen LogP contribution in [0.1, 0.15) is 31.4 Å². The number of benzene rings is 2. The molecular weight excluding hydrogens is 314 g/mol. The summed E-state index contributed by atoms with van der Waals surface area (Å²) in [6.07, 6.45) is 2.53. The second-order valence-corrected chi connectivity index (χ2v) is 5.89. The molecule has 0 aliphatic rings. The van der Waals surface area contributed by atoms with Crippen molar-refractivity contribution in [3.63, 3.8) is 0 Å². The topological polar surface area (TPSA) is 47.6 Å². The van der Waals surface area contributed by atoms with Gasteiger partial charge in [-0.25, -0.2) is 4.79 Å². The van der Waals surface area contributed by atoms with Crippen molar-refractivity contribution in [3.05, 3.63) is 59.7 Å². The maximum atomic E-state index is 12.3. The highest BCUT2D eigenvalue weighted by Crippen LogP contribution is 2.18. The fourth-order valence-corrected chi connectivity index (χ4v) is 2.63. The Morgan fingerprint density at radius 3 is 2.20 bits per heavy atom. The van der Waals surface area contributed by atoms with Crippen LogP contribution in [-0.4, -0.2) is 25.7 Å². The number of methoxy groups -OCH3 is 1. The van der Waals surface area contributed by atoms with E-state index in [1.807, 2.05) is 31.2 Å². The van der Waals surface area contributed by atoms with E-state index < -0.39 is 0 Å². The van der Waals surface area contributed by atoms with E-state index in [9.17, 15) is 4.79 Å². The monoisotopic (exact) mass is 341 g/mol. The standard InChI is InChI=1S/C21H27NO3/c1-4-16-6-8-17(9-7-16)10-15-20(21(23)25-5-2)22-18-11-13-19(24-3)14-12-18/h6-9,11-14,20,22H,4-5,10,15H2,1-3H3. The van der Waals surface area contributed by atoms with E-state index in [4.69, 9.17) is 9.47 Å². The van der Waals surface area contributed by atoms with Gasteiger partial charge in [-0.3, -0.25) is 0 Å². The number of hydrogen-bond donors (Lipinski definition) is 1. The molecule has 0 fully saturated rings. The lowest BCUT2D eigenvalue weighted by molar-refractivity contribution is -0.144. The number of carbonyl (C=O) groups is 1. The number of rotatable bonds is 9. The number of aryl methyl sites for hydroxylation is 2. The smallest absolute Gasteiger partial charge is 0.328 e. The van der Waals surface area contributed by atoms with E-state index in [-0.39, 0.29) is 12.0 Å². The molecule has 1 atom stereocenters. The fraction of sp³-hybridized carbons (Fsp3) is 0.381. The molecule has 2 aromatic rings. The number of carbonyl (C=O) groups excluding carboxylic acids is 1. The molecule has 0 aromatic heterocycles. The molecule has 1 unspecified atom stereocenters. The number of ether oxygens (including phenoxy) is 2. The number of anilines is 1. The van der Waals surface area contributed by atoms with Gasteiger partial charge in [-0.1, -0.05) is 31.2 Å². The van der Waals surface area contributed by atoms with Gasteiger partial charge >= 0.3 is 5.97 Å². The van der Waals surface area contributed by atoms with Gasteiger partial charge in [0, 0.05) is 5.69 Å². The average Bonchev–Trinajstić information content (AvgIpc) is 2.66. The first-order chi connectivity index (χ1) is 12.2. The highest BCUT2D eigenvalue weighted by atomic mass is 16.5. The zero-order valence-electron chi connectivity index (χ0n) is 15.2. The summed E-state index contributed by atoms with van der Waals surface area (Å²) >= 11 is 0. The minimum Gasteiger partial charge on any atom is -0.497 e. The Bertz CT molecular complexity index is 650.